The highest BCUT2D eigenvalue weighted by Crippen LogP contribution is 2.27. The van der Waals surface area contributed by atoms with Gasteiger partial charge in [-0.05, 0) is 35.4 Å². The predicted molar refractivity (Wildman–Crippen MR) is 69.7 cm³/mol. The van der Waals surface area contributed by atoms with E-state index in [1.807, 2.05) is 36.4 Å². The van der Waals surface area contributed by atoms with Crippen LogP contribution in [0.4, 0.5) is 0 Å². The Morgan fingerprint density at radius 1 is 0.889 bits per heavy atom. The standard InChI is InChI=1S/C15H13NO2/c1-17-14-6-3-11(4-7-14)12-5-8-15(18-2)13(9-12)10-16/h3-9H,1-2H3. The van der Waals surface area contributed by atoms with E-state index >= 15 is 0 Å². The van der Waals surface area contributed by atoms with Gasteiger partial charge in [0.15, 0.2) is 0 Å². The van der Waals surface area contributed by atoms with Crippen molar-refractivity contribution in [3.63, 3.8) is 0 Å². The molecule has 90 valence electrons. The van der Waals surface area contributed by atoms with Gasteiger partial charge in [-0.15, -0.1) is 0 Å². The molecule has 0 heterocycles. The Morgan fingerprint density at radius 2 is 1.56 bits per heavy atom. The number of hydrogen-bond acceptors (Lipinski definition) is 3. The van der Waals surface area contributed by atoms with Crippen molar-refractivity contribution >= 4 is 0 Å². The largest absolute Gasteiger partial charge is 0.497 e. The number of nitrogens with zero attached hydrogens (tertiary/aromatic N) is 1. The van der Waals surface area contributed by atoms with Gasteiger partial charge in [0.25, 0.3) is 0 Å². The molecule has 2 aromatic carbocycles. The molecule has 0 aliphatic heterocycles. The molecule has 0 unspecified atom stereocenters. The van der Waals surface area contributed by atoms with Crippen molar-refractivity contribution in [2.45, 2.75) is 0 Å². The van der Waals surface area contributed by atoms with Crippen LogP contribution in [0.5, 0.6) is 11.5 Å². The number of rotatable bonds is 3. The molecule has 0 fully saturated rings. The average Bonchev–Trinajstić information content (AvgIpc) is 2.46. The first kappa shape index (κ1) is 12.0. The Labute approximate surface area is 106 Å². The molecule has 0 spiro atoms. The molecule has 0 aliphatic carbocycles. The Bertz CT molecular complexity index is 582. The van der Waals surface area contributed by atoms with Crippen molar-refractivity contribution in [1.29, 1.82) is 5.26 Å². The quantitative estimate of drug-likeness (QED) is 0.825. The van der Waals surface area contributed by atoms with Gasteiger partial charge in [-0.1, -0.05) is 18.2 Å². The van der Waals surface area contributed by atoms with Crippen LogP contribution >= 0.6 is 0 Å². The fourth-order valence-corrected chi connectivity index (χ4v) is 1.76. The zero-order valence-corrected chi connectivity index (χ0v) is 10.3. The van der Waals surface area contributed by atoms with Gasteiger partial charge in [-0.3, -0.25) is 0 Å². The van der Waals surface area contributed by atoms with E-state index in [2.05, 4.69) is 6.07 Å². The van der Waals surface area contributed by atoms with E-state index in [0.717, 1.165) is 16.9 Å². The summed E-state index contributed by atoms with van der Waals surface area (Å²) >= 11 is 0. The lowest BCUT2D eigenvalue weighted by Gasteiger charge is -2.07. The summed E-state index contributed by atoms with van der Waals surface area (Å²) in [6.07, 6.45) is 0. The van der Waals surface area contributed by atoms with Crippen LogP contribution in [0.3, 0.4) is 0 Å². The first-order valence-corrected chi connectivity index (χ1v) is 5.51. The Hall–Kier alpha value is -2.47. The van der Waals surface area contributed by atoms with E-state index in [0.29, 0.717) is 11.3 Å². The molecule has 18 heavy (non-hydrogen) atoms. The van der Waals surface area contributed by atoms with Crippen molar-refractivity contribution in [2.75, 3.05) is 14.2 Å². The minimum Gasteiger partial charge on any atom is -0.497 e. The highest BCUT2D eigenvalue weighted by Gasteiger charge is 2.05. The Morgan fingerprint density at radius 3 is 2.11 bits per heavy atom. The predicted octanol–water partition coefficient (Wildman–Crippen LogP) is 3.24. The molecule has 0 aliphatic rings. The van der Waals surface area contributed by atoms with Crippen molar-refractivity contribution in [3.8, 4) is 28.7 Å². The van der Waals surface area contributed by atoms with Gasteiger partial charge in [0.05, 0.1) is 19.8 Å². The molecule has 2 aromatic rings. The number of benzene rings is 2. The van der Waals surface area contributed by atoms with Crippen LogP contribution in [-0.4, -0.2) is 14.2 Å². The maximum atomic E-state index is 9.05. The van der Waals surface area contributed by atoms with E-state index in [-0.39, 0.29) is 0 Å². The van der Waals surface area contributed by atoms with E-state index in [1.165, 1.54) is 0 Å². The summed E-state index contributed by atoms with van der Waals surface area (Å²) in [4.78, 5) is 0. The second kappa shape index (κ2) is 5.24. The molecule has 0 amide bonds. The zero-order valence-electron chi connectivity index (χ0n) is 10.3. The molecule has 0 saturated carbocycles. The maximum Gasteiger partial charge on any atom is 0.136 e. The summed E-state index contributed by atoms with van der Waals surface area (Å²) in [6, 6.07) is 15.4. The third-order valence-corrected chi connectivity index (χ3v) is 2.74. The fourth-order valence-electron chi connectivity index (χ4n) is 1.76. The maximum absolute atomic E-state index is 9.05. The van der Waals surface area contributed by atoms with Gasteiger partial charge in [0.1, 0.15) is 17.6 Å². The summed E-state index contributed by atoms with van der Waals surface area (Å²) in [5.41, 5.74) is 2.55. The zero-order chi connectivity index (χ0) is 13.0. The topological polar surface area (TPSA) is 42.2 Å². The van der Waals surface area contributed by atoms with Crippen LogP contribution in [0.15, 0.2) is 42.5 Å². The van der Waals surface area contributed by atoms with Gasteiger partial charge in [0, 0.05) is 0 Å². The molecular formula is C15H13NO2. The molecule has 0 bridgehead atoms. The van der Waals surface area contributed by atoms with Gasteiger partial charge in [-0.25, -0.2) is 0 Å². The summed E-state index contributed by atoms with van der Waals surface area (Å²) in [5.74, 6) is 1.41. The minimum absolute atomic E-state index is 0.533. The molecule has 0 radical (unpaired) electrons. The SMILES string of the molecule is COc1ccc(-c2ccc(OC)c(C#N)c2)cc1. The van der Waals surface area contributed by atoms with Crippen molar-refractivity contribution < 1.29 is 9.47 Å². The van der Waals surface area contributed by atoms with Gasteiger partial charge in [0.2, 0.25) is 0 Å². The van der Waals surface area contributed by atoms with E-state index in [9.17, 15) is 0 Å². The van der Waals surface area contributed by atoms with Crippen LogP contribution in [0, 0.1) is 11.3 Å². The van der Waals surface area contributed by atoms with Crippen molar-refractivity contribution in [2.24, 2.45) is 0 Å². The smallest absolute Gasteiger partial charge is 0.136 e. The minimum atomic E-state index is 0.533. The van der Waals surface area contributed by atoms with Crippen LogP contribution in [0.2, 0.25) is 0 Å². The second-order valence-corrected chi connectivity index (χ2v) is 3.76. The normalized spacial score (nSPS) is 9.61. The molecule has 3 nitrogen and oxygen atoms in total. The summed E-state index contributed by atoms with van der Waals surface area (Å²) in [5, 5.41) is 9.05. The van der Waals surface area contributed by atoms with Crippen LogP contribution < -0.4 is 9.47 Å². The summed E-state index contributed by atoms with van der Waals surface area (Å²) in [7, 11) is 3.19. The Kier molecular flexibility index (Phi) is 3.49. The molecule has 0 N–H and O–H groups in total. The summed E-state index contributed by atoms with van der Waals surface area (Å²) in [6.45, 7) is 0. The monoisotopic (exact) mass is 239 g/mol. The number of hydrogen-bond donors (Lipinski definition) is 0. The first-order valence-electron chi connectivity index (χ1n) is 5.51. The highest BCUT2D eigenvalue weighted by atomic mass is 16.5. The fraction of sp³-hybridized carbons (Fsp3) is 0.133. The van der Waals surface area contributed by atoms with E-state index < -0.39 is 0 Å². The molecular weight excluding hydrogens is 226 g/mol. The number of ether oxygens (including phenoxy) is 2. The van der Waals surface area contributed by atoms with Crippen molar-refractivity contribution in [1.82, 2.24) is 0 Å². The number of methoxy groups -OCH3 is 2. The van der Waals surface area contributed by atoms with Gasteiger partial charge >= 0.3 is 0 Å². The summed E-state index contributed by atoms with van der Waals surface area (Å²) < 4.78 is 10.2. The lowest BCUT2D eigenvalue weighted by atomic mass is 10.0. The molecule has 3 heteroatoms. The van der Waals surface area contributed by atoms with E-state index in [1.54, 1.807) is 20.3 Å². The Balaban J connectivity index is 2.41. The van der Waals surface area contributed by atoms with Crippen LogP contribution in [0.25, 0.3) is 11.1 Å². The van der Waals surface area contributed by atoms with Crippen LogP contribution in [0.1, 0.15) is 5.56 Å². The highest BCUT2D eigenvalue weighted by molar-refractivity contribution is 5.67. The molecule has 2 rings (SSSR count). The molecule has 0 saturated heterocycles. The van der Waals surface area contributed by atoms with Gasteiger partial charge in [-0.2, -0.15) is 5.26 Å². The van der Waals surface area contributed by atoms with Crippen molar-refractivity contribution in [3.05, 3.63) is 48.0 Å². The van der Waals surface area contributed by atoms with E-state index in [4.69, 9.17) is 14.7 Å². The lowest BCUT2D eigenvalue weighted by Crippen LogP contribution is -1.89. The first-order chi connectivity index (χ1) is 8.78. The third-order valence-electron chi connectivity index (χ3n) is 2.74. The third kappa shape index (κ3) is 2.28. The number of nitriles is 1. The van der Waals surface area contributed by atoms with Crippen LogP contribution in [-0.2, 0) is 0 Å². The molecule has 0 aromatic heterocycles. The second-order valence-electron chi connectivity index (χ2n) is 3.76. The molecule has 0 atom stereocenters. The average molecular weight is 239 g/mol. The van der Waals surface area contributed by atoms with Gasteiger partial charge < -0.3 is 9.47 Å². The lowest BCUT2D eigenvalue weighted by molar-refractivity contribution is 0.413.